The van der Waals surface area contributed by atoms with Gasteiger partial charge in [0, 0.05) is 16.9 Å². The molecule has 0 amide bonds. The molecule has 1 aromatic heterocycles. The predicted octanol–water partition coefficient (Wildman–Crippen LogP) is 2.70. The summed E-state index contributed by atoms with van der Waals surface area (Å²) in [6.07, 6.45) is 0.659. The number of aromatic nitrogens is 2. The lowest BCUT2D eigenvalue weighted by atomic mass is 10.2. The third-order valence-corrected chi connectivity index (χ3v) is 3.23. The second-order valence-electron chi connectivity index (χ2n) is 4.36. The highest BCUT2D eigenvalue weighted by molar-refractivity contribution is 9.10. The van der Waals surface area contributed by atoms with Crippen LogP contribution in [0.15, 0.2) is 27.2 Å². The van der Waals surface area contributed by atoms with E-state index >= 15 is 0 Å². The molecule has 5 nitrogen and oxygen atoms in total. The third-order valence-electron chi connectivity index (χ3n) is 2.74. The van der Waals surface area contributed by atoms with Gasteiger partial charge >= 0.3 is 0 Å². The first-order valence-corrected chi connectivity index (χ1v) is 6.94. The highest BCUT2D eigenvalue weighted by Crippen LogP contribution is 2.22. The fraction of sp³-hybridized carbons (Fsp3) is 0.385. The lowest BCUT2D eigenvalue weighted by Gasteiger charge is -2.05. The van der Waals surface area contributed by atoms with Crippen molar-refractivity contribution < 1.29 is 13.7 Å². The van der Waals surface area contributed by atoms with Gasteiger partial charge in [-0.25, -0.2) is 4.39 Å². The van der Waals surface area contributed by atoms with Gasteiger partial charge in [-0.15, -0.1) is 0 Å². The maximum absolute atomic E-state index is 13.5. The van der Waals surface area contributed by atoms with E-state index < -0.39 is 5.82 Å². The van der Waals surface area contributed by atoms with Crippen LogP contribution in [0, 0.1) is 5.82 Å². The van der Waals surface area contributed by atoms with E-state index in [1.165, 1.54) is 6.07 Å². The molecular weight excluding hydrogens is 329 g/mol. The van der Waals surface area contributed by atoms with Crippen molar-refractivity contribution in [2.24, 2.45) is 0 Å². The van der Waals surface area contributed by atoms with E-state index in [1.54, 1.807) is 12.1 Å². The van der Waals surface area contributed by atoms with Crippen LogP contribution in [-0.2, 0) is 13.0 Å². The normalized spacial score (nSPS) is 12.4. The molecule has 0 saturated carbocycles. The molecule has 1 atom stereocenters. The van der Waals surface area contributed by atoms with Crippen molar-refractivity contribution in [3.8, 4) is 5.75 Å². The first-order valence-electron chi connectivity index (χ1n) is 6.15. The standard InChI is InChI=1S/C13H15BrFN3O2/c1-8(16-2)5-12-17-13(20-18-12)7-19-11-4-3-9(14)6-10(11)15/h3-4,6,8,16H,5,7H2,1-2H3. The summed E-state index contributed by atoms with van der Waals surface area (Å²) in [5.74, 6) is 0.631. The molecule has 2 rings (SSSR count). The molecular formula is C13H15BrFN3O2. The van der Waals surface area contributed by atoms with Gasteiger partial charge in [-0.3, -0.25) is 0 Å². The third kappa shape index (κ3) is 4.01. The summed E-state index contributed by atoms with van der Waals surface area (Å²) in [5, 5.41) is 6.93. The van der Waals surface area contributed by atoms with Crippen molar-refractivity contribution in [2.45, 2.75) is 26.0 Å². The zero-order valence-corrected chi connectivity index (χ0v) is 12.8. The van der Waals surface area contributed by atoms with Crippen LogP contribution in [-0.4, -0.2) is 23.2 Å². The van der Waals surface area contributed by atoms with Gasteiger partial charge in [0.15, 0.2) is 24.0 Å². The second-order valence-corrected chi connectivity index (χ2v) is 5.28. The zero-order valence-electron chi connectivity index (χ0n) is 11.2. The van der Waals surface area contributed by atoms with Crippen LogP contribution in [0.1, 0.15) is 18.6 Å². The fourth-order valence-corrected chi connectivity index (χ4v) is 1.87. The summed E-state index contributed by atoms with van der Waals surface area (Å²) >= 11 is 3.18. The molecule has 108 valence electrons. The predicted molar refractivity (Wildman–Crippen MR) is 75.0 cm³/mol. The first kappa shape index (κ1) is 14.9. The first-order chi connectivity index (χ1) is 9.58. The Morgan fingerprint density at radius 1 is 1.50 bits per heavy atom. The van der Waals surface area contributed by atoms with E-state index in [1.807, 2.05) is 14.0 Å². The molecule has 0 aliphatic rings. The quantitative estimate of drug-likeness (QED) is 0.873. The maximum Gasteiger partial charge on any atom is 0.264 e. The Balaban J connectivity index is 1.94. The Morgan fingerprint density at radius 3 is 3.00 bits per heavy atom. The van der Waals surface area contributed by atoms with Gasteiger partial charge in [0.2, 0.25) is 0 Å². The van der Waals surface area contributed by atoms with E-state index in [0.29, 0.717) is 22.6 Å². The minimum Gasteiger partial charge on any atom is -0.481 e. The summed E-state index contributed by atoms with van der Waals surface area (Å²) in [6, 6.07) is 4.83. The molecule has 2 aromatic rings. The monoisotopic (exact) mass is 343 g/mol. The van der Waals surface area contributed by atoms with Crippen LogP contribution in [0.4, 0.5) is 4.39 Å². The zero-order chi connectivity index (χ0) is 14.5. The minimum absolute atomic E-state index is 0.0412. The van der Waals surface area contributed by atoms with Crippen LogP contribution < -0.4 is 10.1 Å². The molecule has 1 aromatic carbocycles. The van der Waals surface area contributed by atoms with Crippen LogP contribution in [0.3, 0.4) is 0 Å². The molecule has 0 fully saturated rings. The maximum atomic E-state index is 13.5. The SMILES string of the molecule is CNC(C)Cc1noc(COc2ccc(Br)cc2F)n1. The second kappa shape index (κ2) is 6.81. The Kier molecular flexibility index (Phi) is 5.08. The van der Waals surface area contributed by atoms with Crippen LogP contribution >= 0.6 is 15.9 Å². The van der Waals surface area contributed by atoms with Crippen molar-refractivity contribution in [3.05, 3.63) is 40.2 Å². The van der Waals surface area contributed by atoms with E-state index in [4.69, 9.17) is 9.26 Å². The summed E-state index contributed by atoms with van der Waals surface area (Å²) in [6.45, 7) is 2.06. The van der Waals surface area contributed by atoms with Crippen molar-refractivity contribution in [1.29, 1.82) is 0 Å². The number of halogens is 2. The average molecular weight is 344 g/mol. The lowest BCUT2D eigenvalue weighted by molar-refractivity contribution is 0.234. The summed E-state index contributed by atoms with van der Waals surface area (Å²) in [7, 11) is 1.87. The smallest absolute Gasteiger partial charge is 0.264 e. The van der Waals surface area contributed by atoms with Gasteiger partial charge < -0.3 is 14.6 Å². The van der Waals surface area contributed by atoms with Crippen molar-refractivity contribution >= 4 is 15.9 Å². The average Bonchev–Trinajstić information content (AvgIpc) is 2.85. The van der Waals surface area contributed by atoms with E-state index in [0.717, 1.165) is 0 Å². The van der Waals surface area contributed by atoms with Gasteiger partial charge in [0.05, 0.1) is 0 Å². The number of benzene rings is 1. The number of hydrogen-bond donors (Lipinski definition) is 1. The molecule has 1 N–H and O–H groups in total. The van der Waals surface area contributed by atoms with E-state index in [9.17, 15) is 4.39 Å². The lowest BCUT2D eigenvalue weighted by Crippen LogP contribution is -2.24. The molecule has 0 aliphatic carbocycles. The molecule has 1 heterocycles. The molecule has 0 aliphatic heterocycles. The molecule has 0 radical (unpaired) electrons. The van der Waals surface area contributed by atoms with Gasteiger partial charge in [-0.1, -0.05) is 21.1 Å². The summed E-state index contributed by atoms with van der Waals surface area (Å²) < 4.78 is 24.6. The van der Waals surface area contributed by atoms with Crippen molar-refractivity contribution in [2.75, 3.05) is 7.05 Å². The van der Waals surface area contributed by atoms with Crippen LogP contribution in [0.25, 0.3) is 0 Å². The highest BCUT2D eigenvalue weighted by atomic mass is 79.9. The Hall–Kier alpha value is -1.47. The Bertz CT molecular complexity index is 576. The van der Waals surface area contributed by atoms with Gasteiger partial charge in [-0.2, -0.15) is 4.98 Å². The van der Waals surface area contributed by atoms with E-state index in [2.05, 4.69) is 31.4 Å². The molecule has 0 spiro atoms. The number of nitrogens with one attached hydrogen (secondary N) is 1. The highest BCUT2D eigenvalue weighted by Gasteiger charge is 2.11. The number of nitrogens with zero attached hydrogens (tertiary/aromatic N) is 2. The number of hydrogen-bond acceptors (Lipinski definition) is 5. The van der Waals surface area contributed by atoms with Crippen molar-refractivity contribution in [1.82, 2.24) is 15.5 Å². The largest absolute Gasteiger partial charge is 0.481 e. The van der Waals surface area contributed by atoms with Gasteiger partial charge in [-0.05, 0) is 32.2 Å². The van der Waals surface area contributed by atoms with Gasteiger partial charge in [0.1, 0.15) is 0 Å². The fourth-order valence-electron chi connectivity index (χ4n) is 1.54. The van der Waals surface area contributed by atoms with E-state index in [-0.39, 0.29) is 18.4 Å². The molecule has 20 heavy (non-hydrogen) atoms. The number of rotatable bonds is 6. The summed E-state index contributed by atoms with van der Waals surface area (Å²) in [4.78, 5) is 4.19. The van der Waals surface area contributed by atoms with Crippen molar-refractivity contribution in [3.63, 3.8) is 0 Å². The molecule has 7 heteroatoms. The molecule has 0 bridgehead atoms. The Morgan fingerprint density at radius 2 is 2.30 bits per heavy atom. The topological polar surface area (TPSA) is 60.2 Å². The van der Waals surface area contributed by atoms with Gasteiger partial charge in [0.25, 0.3) is 5.89 Å². The summed E-state index contributed by atoms with van der Waals surface area (Å²) in [5.41, 5.74) is 0. The molecule has 0 saturated heterocycles. The molecule has 1 unspecified atom stereocenters. The Labute approximate surface area is 124 Å². The number of ether oxygens (including phenoxy) is 1. The van der Waals surface area contributed by atoms with Crippen LogP contribution in [0.2, 0.25) is 0 Å². The van der Waals surface area contributed by atoms with Crippen LogP contribution in [0.5, 0.6) is 5.75 Å². The number of likely N-dealkylation sites (N-methyl/N-ethyl adjacent to an activating group) is 1. The minimum atomic E-state index is -0.442.